The predicted octanol–water partition coefficient (Wildman–Crippen LogP) is 2.47. The first kappa shape index (κ1) is 26.1. The Morgan fingerprint density at radius 3 is 2.41 bits per heavy atom. The van der Waals surface area contributed by atoms with Gasteiger partial charge in [0.2, 0.25) is 0 Å². The highest BCUT2D eigenvalue weighted by Crippen LogP contribution is 2.29. The zero-order chi connectivity index (χ0) is 27.0. The monoisotopic (exact) mass is 540 g/mol. The Balaban J connectivity index is 1.46. The van der Waals surface area contributed by atoms with Gasteiger partial charge in [-0.05, 0) is 36.8 Å². The average molecular weight is 541 g/mol. The van der Waals surface area contributed by atoms with Crippen LogP contribution in [0.15, 0.2) is 47.7 Å². The number of aromatic nitrogens is 2. The number of imidazole rings is 1. The number of alkyl halides is 3. The number of halogens is 3. The first-order chi connectivity index (χ1) is 17.5. The molecule has 4 rings (SSSR count). The second kappa shape index (κ2) is 9.80. The number of hydrazone groups is 1. The van der Waals surface area contributed by atoms with Crippen molar-refractivity contribution < 1.29 is 35.9 Å². The Morgan fingerprint density at radius 1 is 1.08 bits per heavy atom. The highest BCUT2D eigenvalue weighted by molar-refractivity contribution is 7.90. The number of hydrogen-bond donors (Lipinski definition) is 1. The number of sulfonamides is 1. The summed E-state index contributed by atoms with van der Waals surface area (Å²) in [6, 6.07) is 9.52. The standard InChI is InChI=1S/C22H23F3N6O5S/c1-14-19(29-13-17(35-2)8-9-18(29)27-14)20(32)26-12-15-4-6-16(7-5-15)30-10-11-31(21(28-30)36-3)37(33,34)22(23,24)25/h4-9,13H,10-12H2,1-3H3,(H,26,32). The molecule has 198 valence electrons. The van der Waals surface area contributed by atoms with E-state index in [0.717, 1.165) is 12.7 Å². The van der Waals surface area contributed by atoms with E-state index in [4.69, 9.17) is 9.47 Å². The summed E-state index contributed by atoms with van der Waals surface area (Å²) in [5.41, 5.74) is -2.70. The van der Waals surface area contributed by atoms with Crippen LogP contribution < -0.4 is 15.1 Å². The van der Waals surface area contributed by atoms with Crippen LogP contribution in [0, 0.1) is 6.92 Å². The number of carbonyl (C=O) groups is 1. The number of methoxy groups -OCH3 is 2. The van der Waals surface area contributed by atoms with Crippen LogP contribution >= 0.6 is 0 Å². The Bertz CT molecular complexity index is 1450. The number of pyridine rings is 1. The van der Waals surface area contributed by atoms with E-state index in [1.54, 1.807) is 53.9 Å². The number of nitrogens with zero attached hydrogens (tertiary/aromatic N) is 5. The van der Waals surface area contributed by atoms with Gasteiger partial charge >= 0.3 is 21.6 Å². The van der Waals surface area contributed by atoms with Crippen molar-refractivity contribution in [1.82, 2.24) is 19.0 Å². The largest absolute Gasteiger partial charge is 0.516 e. The van der Waals surface area contributed by atoms with E-state index in [1.807, 2.05) is 0 Å². The third-order valence-corrected chi connectivity index (χ3v) is 7.11. The molecule has 15 heteroatoms. The van der Waals surface area contributed by atoms with Crippen LogP contribution in [-0.4, -0.2) is 66.9 Å². The van der Waals surface area contributed by atoms with E-state index in [2.05, 4.69) is 15.4 Å². The van der Waals surface area contributed by atoms with Crippen LogP contribution in [0.4, 0.5) is 18.9 Å². The van der Waals surface area contributed by atoms with E-state index >= 15 is 0 Å². The van der Waals surface area contributed by atoms with Crippen molar-refractivity contribution in [3.63, 3.8) is 0 Å². The second-order valence-corrected chi connectivity index (χ2v) is 9.78. The molecule has 0 aliphatic carbocycles. The topological polar surface area (TPSA) is 118 Å². The van der Waals surface area contributed by atoms with E-state index in [9.17, 15) is 26.4 Å². The maximum Gasteiger partial charge on any atom is 0.516 e. The third kappa shape index (κ3) is 4.98. The smallest absolute Gasteiger partial charge is 0.495 e. The summed E-state index contributed by atoms with van der Waals surface area (Å²) in [4.78, 5) is 17.3. The Labute approximate surface area is 210 Å². The van der Waals surface area contributed by atoms with E-state index < -0.39 is 28.1 Å². The lowest BCUT2D eigenvalue weighted by atomic mass is 10.2. The average Bonchev–Trinajstić information content (AvgIpc) is 3.21. The molecule has 0 fully saturated rings. The molecular formula is C22H23F3N6O5S. The summed E-state index contributed by atoms with van der Waals surface area (Å²) >= 11 is 0. The minimum absolute atomic E-state index is 0.0884. The lowest BCUT2D eigenvalue weighted by Gasteiger charge is -2.32. The number of rotatable bonds is 6. The zero-order valence-corrected chi connectivity index (χ0v) is 20.8. The fraction of sp³-hybridized carbons (Fsp3) is 0.318. The summed E-state index contributed by atoms with van der Waals surface area (Å²) in [5, 5.41) is 8.08. The summed E-state index contributed by atoms with van der Waals surface area (Å²) < 4.78 is 74.2. The molecule has 1 aromatic carbocycles. The van der Waals surface area contributed by atoms with Crippen molar-refractivity contribution in [3.05, 3.63) is 59.5 Å². The highest BCUT2D eigenvalue weighted by atomic mass is 32.2. The van der Waals surface area contributed by atoms with E-state index in [1.165, 1.54) is 12.1 Å². The Kier molecular flexibility index (Phi) is 6.90. The number of amides is 1. The molecule has 0 unspecified atom stereocenters. The molecule has 1 aliphatic rings. The van der Waals surface area contributed by atoms with Gasteiger partial charge in [-0.15, -0.1) is 5.10 Å². The number of benzene rings is 1. The number of nitrogens with one attached hydrogen (secondary N) is 1. The number of hydrogen-bond acceptors (Lipinski definition) is 8. The fourth-order valence-corrected chi connectivity index (χ4v) is 4.64. The molecule has 1 aliphatic heterocycles. The van der Waals surface area contributed by atoms with Crippen molar-refractivity contribution in [2.45, 2.75) is 19.0 Å². The van der Waals surface area contributed by atoms with Gasteiger partial charge in [0.25, 0.3) is 5.91 Å². The maximum absolute atomic E-state index is 13.0. The summed E-state index contributed by atoms with van der Waals surface area (Å²) in [6.45, 7) is 1.29. The number of amidine groups is 1. The van der Waals surface area contributed by atoms with E-state index in [0.29, 0.717) is 28.5 Å². The molecule has 0 saturated heterocycles. The first-order valence-corrected chi connectivity index (χ1v) is 12.3. The van der Waals surface area contributed by atoms with Gasteiger partial charge in [0.1, 0.15) is 17.1 Å². The quantitative estimate of drug-likeness (QED) is 0.511. The number of carbonyl (C=O) groups excluding carboxylic acids is 1. The van der Waals surface area contributed by atoms with Gasteiger partial charge in [0, 0.05) is 6.54 Å². The molecule has 0 atom stereocenters. The molecule has 3 aromatic rings. The van der Waals surface area contributed by atoms with Crippen LogP contribution in [0.1, 0.15) is 21.7 Å². The van der Waals surface area contributed by atoms with Gasteiger partial charge in [-0.3, -0.25) is 14.2 Å². The number of aryl methyl sites for hydroxylation is 1. The van der Waals surface area contributed by atoms with E-state index in [-0.39, 0.29) is 23.3 Å². The van der Waals surface area contributed by atoms with Crippen LogP contribution in [-0.2, 0) is 21.3 Å². The van der Waals surface area contributed by atoms with Gasteiger partial charge in [-0.1, -0.05) is 12.1 Å². The number of anilines is 1. The molecule has 1 N–H and O–H groups in total. The van der Waals surface area contributed by atoms with Crippen molar-refractivity contribution in [3.8, 4) is 5.75 Å². The molecular weight excluding hydrogens is 517 g/mol. The van der Waals surface area contributed by atoms with Crippen LogP contribution in [0.3, 0.4) is 0 Å². The van der Waals surface area contributed by atoms with Crippen molar-refractivity contribution in [2.24, 2.45) is 5.10 Å². The summed E-state index contributed by atoms with van der Waals surface area (Å²) in [6.07, 6.45) is 1.67. The van der Waals surface area contributed by atoms with Crippen molar-refractivity contribution >= 4 is 33.3 Å². The van der Waals surface area contributed by atoms with Gasteiger partial charge in [0.15, 0.2) is 0 Å². The summed E-state index contributed by atoms with van der Waals surface area (Å²) in [7, 11) is -3.07. The molecule has 37 heavy (non-hydrogen) atoms. The van der Waals surface area contributed by atoms with Gasteiger partial charge in [-0.25, -0.2) is 9.29 Å². The summed E-state index contributed by atoms with van der Waals surface area (Å²) in [5.74, 6) is 0.240. The molecule has 0 spiro atoms. The lowest BCUT2D eigenvalue weighted by molar-refractivity contribution is -0.0477. The predicted molar refractivity (Wildman–Crippen MR) is 128 cm³/mol. The molecule has 0 saturated carbocycles. The zero-order valence-electron chi connectivity index (χ0n) is 20.0. The first-order valence-electron chi connectivity index (χ1n) is 10.8. The highest BCUT2D eigenvalue weighted by Gasteiger charge is 2.52. The molecule has 1 amide bonds. The Hall–Kier alpha value is -4.01. The molecule has 2 aromatic heterocycles. The molecule has 0 radical (unpaired) electrons. The number of fused-ring (bicyclic) bond motifs is 1. The van der Waals surface area contributed by atoms with Gasteiger partial charge in [0.05, 0.1) is 44.9 Å². The molecule has 11 nitrogen and oxygen atoms in total. The van der Waals surface area contributed by atoms with Crippen molar-refractivity contribution in [2.75, 3.05) is 32.3 Å². The fourth-order valence-electron chi connectivity index (χ4n) is 3.75. The maximum atomic E-state index is 13.0. The SMILES string of the molecule is COC1=NN(c2ccc(CNC(=O)c3c(C)nc4ccc(OC)cn34)cc2)CCN1S(=O)(=O)C(F)(F)F. The normalized spacial score (nSPS) is 14.5. The van der Waals surface area contributed by atoms with Crippen LogP contribution in [0.2, 0.25) is 0 Å². The molecule has 0 bridgehead atoms. The molecule has 3 heterocycles. The lowest BCUT2D eigenvalue weighted by Crippen LogP contribution is -2.51. The second-order valence-electron chi connectivity index (χ2n) is 7.92. The van der Waals surface area contributed by atoms with Crippen LogP contribution in [0.5, 0.6) is 5.75 Å². The number of ether oxygens (including phenoxy) is 2. The van der Waals surface area contributed by atoms with Gasteiger partial charge < -0.3 is 14.8 Å². The third-order valence-electron chi connectivity index (χ3n) is 5.60. The van der Waals surface area contributed by atoms with Crippen LogP contribution in [0.25, 0.3) is 5.65 Å². The van der Waals surface area contributed by atoms with Gasteiger partial charge in [-0.2, -0.15) is 21.6 Å². The minimum atomic E-state index is -5.63. The Morgan fingerprint density at radius 2 is 1.78 bits per heavy atom. The van der Waals surface area contributed by atoms with Crippen molar-refractivity contribution in [1.29, 1.82) is 0 Å². The minimum Gasteiger partial charge on any atom is -0.495 e.